The van der Waals surface area contributed by atoms with E-state index in [0.717, 1.165) is 0 Å². The Bertz CT molecular complexity index is 176. The first-order chi connectivity index (χ1) is 8.45. The Balaban J connectivity index is 4.44. The van der Waals surface area contributed by atoms with E-state index in [9.17, 15) is 0 Å². The van der Waals surface area contributed by atoms with Gasteiger partial charge in [0.25, 0.3) is 0 Å². The molecule has 0 nitrogen and oxygen atoms in total. The van der Waals surface area contributed by atoms with Gasteiger partial charge in [-0.25, -0.2) is 0 Å². The summed E-state index contributed by atoms with van der Waals surface area (Å²) >= 11 is 13.9. The fourth-order valence-corrected chi connectivity index (χ4v) is 15.6. The van der Waals surface area contributed by atoms with Crippen LogP contribution in [0.3, 0.4) is 0 Å². The van der Waals surface area contributed by atoms with Gasteiger partial charge in [-0.1, -0.05) is 53.4 Å². The van der Waals surface area contributed by atoms with Gasteiger partial charge >= 0.3 is 0 Å². The third-order valence-corrected chi connectivity index (χ3v) is 15.6. The zero-order valence-corrected chi connectivity index (χ0v) is 16.3. The lowest BCUT2D eigenvalue weighted by Gasteiger charge is -2.29. The summed E-state index contributed by atoms with van der Waals surface area (Å²) in [5, 5.41) is 0. The summed E-state index contributed by atoms with van der Waals surface area (Å²) in [4.78, 5) is 0. The van der Waals surface area contributed by atoms with Crippen LogP contribution in [0.4, 0.5) is 0 Å². The molecule has 0 spiro atoms. The lowest BCUT2D eigenvalue weighted by molar-refractivity contribution is 0.959. The second-order valence-corrected chi connectivity index (χ2v) is 18.2. The lowest BCUT2D eigenvalue weighted by Crippen LogP contribution is -2.33. The van der Waals surface area contributed by atoms with Crippen LogP contribution in [0.1, 0.15) is 53.4 Å². The van der Waals surface area contributed by atoms with Crippen molar-refractivity contribution in [3.05, 3.63) is 0 Å². The van der Waals surface area contributed by atoms with Crippen molar-refractivity contribution in [3.63, 3.8) is 0 Å². The van der Waals surface area contributed by atoms with E-state index in [1.165, 1.54) is 61.9 Å². The fourth-order valence-electron chi connectivity index (χ4n) is 2.99. The highest BCUT2D eigenvalue weighted by Gasteiger charge is 2.35. The Labute approximate surface area is 126 Å². The summed E-state index contributed by atoms with van der Waals surface area (Å²) in [7, 11) is -2.99. The van der Waals surface area contributed by atoms with Gasteiger partial charge in [0.2, 0.25) is 0 Å². The van der Waals surface area contributed by atoms with Gasteiger partial charge in [0.15, 0.2) is 14.8 Å². The Morgan fingerprint density at radius 1 is 0.500 bits per heavy atom. The molecule has 0 rings (SSSR count). The largest absolute Gasteiger partial charge is 0.167 e. The third-order valence-electron chi connectivity index (χ3n) is 3.81. The maximum absolute atomic E-state index is 6.95. The molecule has 0 bridgehead atoms. The molecule has 0 aromatic rings. The summed E-state index contributed by atoms with van der Waals surface area (Å²) in [5.41, 5.74) is 0. The van der Waals surface area contributed by atoms with Gasteiger partial charge in [-0.05, 0) is 36.3 Å². The minimum absolute atomic E-state index is 1.24. The summed E-state index contributed by atoms with van der Waals surface area (Å²) in [6, 6.07) is 7.66. The summed E-state index contributed by atoms with van der Waals surface area (Å²) < 4.78 is 0. The lowest BCUT2D eigenvalue weighted by atomic mass is 10.6. The highest BCUT2D eigenvalue weighted by atomic mass is 35.6. The molecule has 0 saturated carbocycles. The van der Waals surface area contributed by atoms with Crippen molar-refractivity contribution in [1.82, 2.24) is 0 Å². The fraction of sp³-hybridized carbons (Fsp3) is 1.00. The van der Waals surface area contributed by atoms with E-state index in [4.69, 9.17) is 22.2 Å². The Morgan fingerprint density at radius 3 is 0.889 bits per heavy atom. The van der Waals surface area contributed by atoms with Crippen molar-refractivity contribution in [2.45, 2.75) is 89.6 Å². The molecule has 0 unspecified atom stereocenters. The number of halogens is 2. The maximum Gasteiger partial charge on any atom is 0.156 e. The van der Waals surface area contributed by atoms with Gasteiger partial charge < -0.3 is 0 Å². The van der Waals surface area contributed by atoms with Crippen LogP contribution in [0, 0.1) is 0 Å². The Kier molecular flexibility index (Phi) is 10.4. The van der Waals surface area contributed by atoms with Gasteiger partial charge in [-0.3, -0.25) is 0 Å². The summed E-state index contributed by atoms with van der Waals surface area (Å²) in [5.74, 6) is 0. The molecular formula is C14H32Cl2Si2. The van der Waals surface area contributed by atoms with Crippen LogP contribution in [0.5, 0.6) is 0 Å². The molecule has 0 aromatic carbocycles. The first-order valence-corrected chi connectivity index (χ1v) is 15.1. The third kappa shape index (κ3) is 7.57. The van der Waals surface area contributed by atoms with Crippen LogP contribution in [0.2, 0.25) is 36.3 Å². The minimum Gasteiger partial charge on any atom is -0.167 e. The normalized spacial score (nSPS) is 13.0. The molecule has 0 aliphatic rings. The molecule has 18 heavy (non-hydrogen) atoms. The molecule has 0 saturated heterocycles. The topological polar surface area (TPSA) is 0 Å². The van der Waals surface area contributed by atoms with E-state index in [-0.39, 0.29) is 0 Å². The molecule has 4 heteroatoms. The monoisotopic (exact) mass is 326 g/mol. The second-order valence-electron chi connectivity index (χ2n) is 5.80. The van der Waals surface area contributed by atoms with E-state index in [2.05, 4.69) is 27.7 Å². The average molecular weight is 327 g/mol. The number of hydrogen-bond acceptors (Lipinski definition) is 0. The predicted octanol–water partition coefficient (Wildman–Crippen LogP) is 7.00. The van der Waals surface area contributed by atoms with Gasteiger partial charge in [0.1, 0.15) is 0 Å². The molecule has 0 fully saturated rings. The van der Waals surface area contributed by atoms with Crippen molar-refractivity contribution in [1.29, 1.82) is 0 Å². The van der Waals surface area contributed by atoms with Crippen LogP contribution in [0.25, 0.3) is 0 Å². The molecule has 110 valence electrons. The molecule has 0 N–H and O–H groups in total. The first-order valence-electron chi connectivity index (χ1n) is 7.83. The SMILES string of the molecule is CCC[Si](Cl)(CCC)CC[Si](Cl)(CCC)CCC. The van der Waals surface area contributed by atoms with E-state index in [0.29, 0.717) is 0 Å². The van der Waals surface area contributed by atoms with E-state index >= 15 is 0 Å². The van der Waals surface area contributed by atoms with Crippen LogP contribution in [-0.2, 0) is 0 Å². The van der Waals surface area contributed by atoms with Crippen LogP contribution < -0.4 is 0 Å². The highest BCUT2D eigenvalue weighted by Crippen LogP contribution is 2.37. The van der Waals surface area contributed by atoms with Crippen molar-refractivity contribution in [3.8, 4) is 0 Å². The zero-order chi connectivity index (χ0) is 14.1. The molecule has 0 aliphatic heterocycles. The van der Waals surface area contributed by atoms with Gasteiger partial charge in [0, 0.05) is 0 Å². The predicted molar refractivity (Wildman–Crippen MR) is 93.2 cm³/mol. The summed E-state index contributed by atoms with van der Waals surface area (Å²) in [6.07, 6.45) is 4.98. The minimum atomic E-state index is -1.49. The molecule has 0 aromatic heterocycles. The first kappa shape index (κ1) is 19.0. The molecule has 0 aliphatic carbocycles. The van der Waals surface area contributed by atoms with Gasteiger partial charge in [-0.2, -0.15) is 22.2 Å². The molecular weight excluding hydrogens is 295 g/mol. The van der Waals surface area contributed by atoms with E-state index in [1.807, 2.05) is 0 Å². The smallest absolute Gasteiger partial charge is 0.156 e. The average Bonchev–Trinajstić information content (AvgIpc) is 2.28. The molecule has 0 amide bonds. The highest BCUT2D eigenvalue weighted by molar-refractivity contribution is 7.23. The molecule has 0 heterocycles. The van der Waals surface area contributed by atoms with Crippen molar-refractivity contribution < 1.29 is 0 Å². The van der Waals surface area contributed by atoms with Crippen molar-refractivity contribution in [2.75, 3.05) is 0 Å². The van der Waals surface area contributed by atoms with Crippen LogP contribution in [0.15, 0.2) is 0 Å². The van der Waals surface area contributed by atoms with Crippen molar-refractivity contribution in [2.24, 2.45) is 0 Å². The van der Waals surface area contributed by atoms with E-state index < -0.39 is 14.8 Å². The number of rotatable bonds is 11. The quantitative estimate of drug-likeness (QED) is 0.283. The number of hydrogen-bond donors (Lipinski definition) is 0. The molecule has 0 radical (unpaired) electrons. The summed E-state index contributed by atoms with van der Waals surface area (Å²) in [6.45, 7) is 9.07. The van der Waals surface area contributed by atoms with E-state index in [1.54, 1.807) is 0 Å². The Morgan fingerprint density at radius 2 is 0.722 bits per heavy atom. The van der Waals surface area contributed by atoms with Crippen LogP contribution in [-0.4, -0.2) is 14.8 Å². The van der Waals surface area contributed by atoms with Gasteiger partial charge in [0.05, 0.1) is 0 Å². The maximum atomic E-state index is 6.95. The molecule has 0 atom stereocenters. The van der Waals surface area contributed by atoms with Gasteiger partial charge in [-0.15, -0.1) is 0 Å². The zero-order valence-electron chi connectivity index (χ0n) is 12.8. The Hall–Kier alpha value is 1.01. The second kappa shape index (κ2) is 9.85. The van der Waals surface area contributed by atoms with Crippen LogP contribution >= 0.6 is 22.2 Å². The van der Waals surface area contributed by atoms with Crippen molar-refractivity contribution >= 4 is 36.9 Å². The standard InChI is InChI=1S/C14H32Cl2Si2/c1-5-9-17(15,10-6-2)13-14-18(16,11-7-3)12-8-4/h5-14H2,1-4H3.